The molecule has 0 aliphatic carbocycles. The Morgan fingerprint density at radius 1 is 1.10 bits per heavy atom. The molecule has 0 heterocycles. The second kappa shape index (κ2) is 6.55. The highest BCUT2D eigenvalue weighted by Gasteiger charge is 2.18. The van der Waals surface area contributed by atoms with Crippen LogP contribution in [0.5, 0.6) is 0 Å². The third-order valence-corrected chi connectivity index (χ3v) is 3.88. The molecular weight excluding hydrogens is 260 g/mol. The third kappa shape index (κ3) is 3.14. The van der Waals surface area contributed by atoms with Gasteiger partial charge in [-0.15, -0.1) is 0 Å². The molecule has 110 valence electrons. The summed E-state index contributed by atoms with van der Waals surface area (Å²) < 4.78 is 0. The average molecular weight is 282 g/mol. The maximum atomic E-state index is 12.8. The molecule has 0 bridgehead atoms. The first-order chi connectivity index (χ1) is 10.1. The summed E-state index contributed by atoms with van der Waals surface area (Å²) in [5.74, 6) is 0.0409. The Morgan fingerprint density at radius 3 is 2.33 bits per heavy atom. The summed E-state index contributed by atoms with van der Waals surface area (Å²) in [6.07, 6.45) is 0. The zero-order chi connectivity index (χ0) is 15.4. The lowest BCUT2D eigenvalue weighted by atomic mass is 10.0. The number of carbonyl (C=O) groups excluding carboxylic acids is 1. The molecule has 0 fully saturated rings. The van der Waals surface area contributed by atoms with Crippen molar-refractivity contribution in [3.8, 4) is 0 Å². The quantitative estimate of drug-likeness (QED) is 0.934. The number of rotatable bonds is 4. The van der Waals surface area contributed by atoms with Crippen molar-refractivity contribution in [1.29, 1.82) is 0 Å². The van der Waals surface area contributed by atoms with Gasteiger partial charge in [-0.05, 0) is 55.7 Å². The molecule has 0 atom stereocenters. The molecule has 3 nitrogen and oxygen atoms in total. The Labute approximate surface area is 126 Å². The van der Waals surface area contributed by atoms with Crippen molar-refractivity contribution in [2.24, 2.45) is 5.73 Å². The molecule has 3 heteroatoms. The average Bonchev–Trinajstić information content (AvgIpc) is 2.51. The normalized spacial score (nSPS) is 10.5. The summed E-state index contributed by atoms with van der Waals surface area (Å²) in [7, 11) is 0. The van der Waals surface area contributed by atoms with Crippen LogP contribution >= 0.6 is 0 Å². The highest BCUT2D eigenvalue weighted by Crippen LogP contribution is 2.21. The van der Waals surface area contributed by atoms with Crippen molar-refractivity contribution < 1.29 is 4.79 Å². The van der Waals surface area contributed by atoms with Crippen molar-refractivity contribution in [1.82, 2.24) is 0 Å². The van der Waals surface area contributed by atoms with Crippen molar-refractivity contribution in [2.75, 3.05) is 11.4 Å². The van der Waals surface area contributed by atoms with Crippen molar-refractivity contribution in [2.45, 2.75) is 27.3 Å². The summed E-state index contributed by atoms with van der Waals surface area (Å²) in [5.41, 5.74) is 10.5. The number of hydrogen-bond donors (Lipinski definition) is 1. The predicted octanol–water partition coefficient (Wildman–Crippen LogP) is 3.43. The lowest BCUT2D eigenvalue weighted by molar-refractivity contribution is 0.0987. The molecule has 0 unspecified atom stereocenters. The van der Waals surface area contributed by atoms with E-state index in [4.69, 9.17) is 5.73 Å². The number of benzene rings is 2. The van der Waals surface area contributed by atoms with Crippen LogP contribution in [-0.2, 0) is 6.54 Å². The van der Waals surface area contributed by atoms with Crippen LogP contribution in [0.15, 0.2) is 42.5 Å². The van der Waals surface area contributed by atoms with E-state index in [1.165, 1.54) is 0 Å². The fourth-order valence-electron chi connectivity index (χ4n) is 2.38. The Morgan fingerprint density at radius 2 is 1.76 bits per heavy atom. The van der Waals surface area contributed by atoms with E-state index in [0.717, 1.165) is 27.9 Å². The lowest BCUT2D eigenvalue weighted by Gasteiger charge is -2.22. The van der Waals surface area contributed by atoms with Crippen molar-refractivity contribution >= 4 is 11.6 Å². The van der Waals surface area contributed by atoms with Crippen LogP contribution in [0.1, 0.15) is 34.0 Å². The number of nitrogens with two attached hydrogens (primary N) is 1. The first-order valence-corrected chi connectivity index (χ1v) is 7.25. The van der Waals surface area contributed by atoms with E-state index in [9.17, 15) is 4.79 Å². The maximum absolute atomic E-state index is 12.8. The van der Waals surface area contributed by atoms with Gasteiger partial charge in [0.2, 0.25) is 0 Å². The second-order valence-corrected chi connectivity index (χ2v) is 5.17. The molecule has 2 rings (SSSR count). The first kappa shape index (κ1) is 15.3. The Bertz CT molecular complexity index is 632. The third-order valence-electron chi connectivity index (χ3n) is 3.88. The highest BCUT2D eigenvalue weighted by atomic mass is 16.2. The summed E-state index contributed by atoms with van der Waals surface area (Å²) >= 11 is 0. The predicted molar refractivity (Wildman–Crippen MR) is 87.6 cm³/mol. The molecule has 21 heavy (non-hydrogen) atoms. The Hall–Kier alpha value is -2.13. The van der Waals surface area contributed by atoms with Gasteiger partial charge in [-0.2, -0.15) is 0 Å². The van der Waals surface area contributed by atoms with Gasteiger partial charge in [0, 0.05) is 24.3 Å². The van der Waals surface area contributed by atoms with Gasteiger partial charge in [-0.1, -0.05) is 24.3 Å². The fourth-order valence-corrected chi connectivity index (χ4v) is 2.38. The maximum Gasteiger partial charge on any atom is 0.258 e. The van der Waals surface area contributed by atoms with Gasteiger partial charge < -0.3 is 10.6 Å². The topological polar surface area (TPSA) is 46.3 Å². The van der Waals surface area contributed by atoms with Crippen LogP contribution in [0.2, 0.25) is 0 Å². The summed E-state index contributed by atoms with van der Waals surface area (Å²) in [6, 6.07) is 13.7. The molecular formula is C18H22N2O. The van der Waals surface area contributed by atoms with Gasteiger partial charge in [0.25, 0.3) is 5.91 Å². The van der Waals surface area contributed by atoms with Crippen molar-refractivity contribution in [3.05, 3.63) is 64.7 Å². The van der Waals surface area contributed by atoms with E-state index in [1.54, 1.807) is 4.90 Å². The summed E-state index contributed by atoms with van der Waals surface area (Å²) in [4.78, 5) is 14.6. The largest absolute Gasteiger partial charge is 0.326 e. The van der Waals surface area contributed by atoms with E-state index < -0.39 is 0 Å². The standard InChI is InChI=1S/C18H22N2O/c1-4-20(16-10-8-15(12-19)9-11-16)18(21)17-7-5-6-13(2)14(17)3/h5-11H,4,12,19H2,1-3H3. The summed E-state index contributed by atoms with van der Waals surface area (Å²) in [5, 5.41) is 0. The Kier molecular flexibility index (Phi) is 4.76. The van der Waals surface area contributed by atoms with Crippen LogP contribution in [0.25, 0.3) is 0 Å². The van der Waals surface area contributed by atoms with Crippen LogP contribution in [0, 0.1) is 13.8 Å². The van der Waals surface area contributed by atoms with Gasteiger partial charge in [0.05, 0.1) is 0 Å². The van der Waals surface area contributed by atoms with E-state index in [-0.39, 0.29) is 5.91 Å². The van der Waals surface area contributed by atoms with Crippen LogP contribution in [0.4, 0.5) is 5.69 Å². The second-order valence-electron chi connectivity index (χ2n) is 5.17. The number of hydrogen-bond acceptors (Lipinski definition) is 2. The molecule has 0 aromatic heterocycles. The van der Waals surface area contributed by atoms with Gasteiger partial charge in [-0.3, -0.25) is 4.79 Å². The number of aryl methyl sites for hydroxylation is 1. The minimum absolute atomic E-state index is 0.0409. The molecule has 0 saturated heterocycles. The molecule has 1 amide bonds. The molecule has 0 aliphatic heterocycles. The molecule has 0 saturated carbocycles. The van der Waals surface area contributed by atoms with Gasteiger partial charge >= 0.3 is 0 Å². The Balaban J connectivity index is 2.35. The van der Waals surface area contributed by atoms with E-state index in [2.05, 4.69) is 0 Å². The van der Waals surface area contributed by atoms with Crippen LogP contribution in [-0.4, -0.2) is 12.5 Å². The monoisotopic (exact) mass is 282 g/mol. The molecule has 2 N–H and O–H groups in total. The highest BCUT2D eigenvalue weighted by molar-refractivity contribution is 6.07. The molecule has 2 aromatic carbocycles. The van der Waals surface area contributed by atoms with E-state index in [1.807, 2.05) is 63.2 Å². The van der Waals surface area contributed by atoms with Gasteiger partial charge in [-0.25, -0.2) is 0 Å². The van der Waals surface area contributed by atoms with Crippen molar-refractivity contribution in [3.63, 3.8) is 0 Å². The van der Waals surface area contributed by atoms with E-state index >= 15 is 0 Å². The minimum atomic E-state index is 0.0409. The van der Waals surface area contributed by atoms with E-state index in [0.29, 0.717) is 13.1 Å². The smallest absolute Gasteiger partial charge is 0.258 e. The fraction of sp³-hybridized carbons (Fsp3) is 0.278. The van der Waals surface area contributed by atoms with Crippen LogP contribution < -0.4 is 10.6 Å². The summed E-state index contributed by atoms with van der Waals surface area (Å²) in [6.45, 7) is 7.15. The minimum Gasteiger partial charge on any atom is -0.326 e. The first-order valence-electron chi connectivity index (χ1n) is 7.25. The number of nitrogens with zero attached hydrogens (tertiary/aromatic N) is 1. The molecule has 0 radical (unpaired) electrons. The van der Waals surface area contributed by atoms with Crippen LogP contribution in [0.3, 0.4) is 0 Å². The molecule has 0 aliphatic rings. The lowest BCUT2D eigenvalue weighted by Crippen LogP contribution is -2.31. The number of carbonyl (C=O) groups is 1. The number of anilines is 1. The molecule has 2 aromatic rings. The SMILES string of the molecule is CCN(C(=O)c1cccc(C)c1C)c1ccc(CN)cc1. The molecule has 0 spiro atoms. The zero-order valence-corrected chi connectivity index (χ0v) is 12.9. The number of amides is 1. The van der Waals surface area contributed by atoms with Gasteiger partial charge in [0.15, 0.2) is 0 Å². The van der Waals surface area contributed by atoms with Gasteiger partial charge in [0.1, 0.15) is 0 Å². The zero-order valence-electron chi connectivity index (χ0n) is 12.9.